The second kappa shape index (κ2) is 5.23. The molecule has 2 heterocycles. The monoisotopic (exact) mass is 307 g/mol. The number of aliphatic hydroxyl groups is 1. The minimum atomic E-state index is -0.832. The van der Waals surface area contributed by atoms with Crippen LogP contribution in [0.5, 0.6) is 0 Å². The predicted molar refractivity (Wildman–Crippen MR) is 79.8 cm³/mol. The summed E-state index contributed by atoms with van der Waals surface area (Å²) in [5.41, 5.74) is -0.427. The molecule has 112 valence electrons. The highest BCUT2D eigenvalue weighted by molar-refractivity contribution is 7.15. The van der Waals surface area contributed by atoms with Crippen LogP contribution >= 0.6 is 11.3 Å². The number of nitrogens with one attached hydrogen (secondary N) is 1. The first-order valence-corrected chi connectivity index (χ1v) is 7.85. The number of hydrogen-bond donors (Lipinski definition) is 2. The summed E-state index contributed by atoms with van der Waals surface area (Å²) >= 11 is 1.36. The maximum Gasteiger partial charge on any atom is 0.271 e. The summed E-state index contributed by atoms with van der Waals surface area (Å²) in [6, 6.07) is 0. The zero-order valence-electron chi connectivity index (χ0n) is 11.8. The highest BCUT2D eigenvalue weighted by Gasteiger charge is 2.31. The lowest BCUT2D eigenvalue weighted by Gasteiger charge is -2.22. The van der Waals surface area contributed by atoms with E-state index >= 15 is 0 Å². The number of aryl methyl sites for hydroxylation is 1. The van der Waals surface area contributed by atoms with Crippen LogP contribution in [0.25, 0.3) is 4.96 Å². The quantitative estimate of drug-likeness (QED) is 0.889. The molecule has 2 aromatic rings. The molecule has 3 rings (SSSR count). The zero-order valence-corrected chi connectivity index (χ0v) is 12.6. The summed E-state index contributed by atoms with van der Waals surface area (Å²) in [5.74, 6) is -0.479. The SMILES string of the molecule is Cc1csc2ncc(C(=O)NCC3(O)CCCC3)c(=O)n12. The molecule has 0 aliphatic heterocycles. The molecule has 2 N–H and O–H groups in total. The lowest BCUT2D eigenvalue weighted by atomic mass is 10.0. The van der Waals surface area contributed by atoms with Gasteiger partial charge in [-0.2, -0.15) is 0 Å². The van der Waals surface area contributed by atoms with Crippen molar-refractivity contribution in [3.8, 4) is 0 Å². The van der Waals surface area contributed by atoms with Crippen LogP contribution in [0.1, 0.15) is 41.7 Å². The van der Waals surface area contributed by atoms with Gasteiger partial charge in [0.05, 0.1) is 5.60 Å². The van der Waals surface area contributed by atoms with Gasteiger partial charge in [-0.25, -0.2) is 4.98 Å². The highest BCUT2D eigenvalue weighted by Crippen LogP contribution is 2.28. The van der Waals surface area contributed by atoms with Gasteiger partial charge in [0, 0.05) is 23.8 Å². The van der Waals surface area contributed by atoms with E-state index in [1.165, 1.54) is 21.9 Å². The minimum Gasteiger partial charge on any atom is -0.388 e. The van der Waals surface area contributed by atoms with Gasteiger partial charge in [-0.05, 0) is 19.8 Å². The Bertz CT molecular complexity index is 743. The van der Waals surface area contributed by atoms with Crippen LogP contribution in [-0.4, -0.2) is 32.5 Å². The fraction of sp³-hybridized carbons (Fsp3) is 0.500. The van der Waals surface area contributed by atoms with Crippen LogP contribution in [0.3, 0.4) is 0 Å². The Labute approximate surface area is 125 Å². The van der Waals surface area contributed by atoms with Crippen LogP contribution in [0.4, 0.5) is 0 Å². The third-order valence-electron chi connectivity index (χ3n) is 3.97. The third kappa shape index (κ3) is 2.58. The van der Waals surface area contributed by atoms with Crippen LogP contribution in [-0.2, 0) is 0 Å². The maximum absolute atomic E-state index is 12.3. The number of nitrogens with zero attached hydrogens (tertiary/aromatic N) is 2. The van der Waals surface area contributed by atoms with E-state index in [4.69, 9.17) is 0 Å². The van der Waals surface area contributed by atoms with E-state index in [1.807, 2.05) is 5.38 Å². The third-order valence-corrected chi connectivity index (χ3v) is 4.93. The van der Waals surface area contributed by atoms with Crippen LogP contribution < -0.4 is 10.9 Å². The molecule has 1 aliphatic carbocycles. The summed E-state index contributed by atoms with van der Waals surface area (Å²) in [6.07, 6.45) is 4.62. The fourth-order valence-corrected chi connectivity index (χ4v) is 3.56. The molecular formula is C14H17N3O3S. The molecule has 0 atom stereocenters. The Morgan fingerprint density at radius 2 is 2.24 bits per heavy atom. The number of amides is 1. The Balaban J connectivity index is 1.83. The molecule has 7 heteroatoms. The number of hydrogen-bond acceptors (Lipinski definition) is 5. The topological polar surface area (TPSA) is 83.7 Å². The molecule has 1 fully saturated rings. The number of fused-ring (bicyclic) bond motifs is 1. The lowest BCUT2D eigenvalue weighted by Crippen LogP contribution is -2.42. The molecule has 1 aliphatic rings. The van der Waals surface area contributed by atoms with Crippen molar-refractivity contribution < 1.29 is 9.90 Å². The maximum atomic E-state index is 12.3. The van der Waals surface area contributed by atoms with Crippen molar-refractivity contribution in [3.63, 3.8) is 0 Å². The molecule has 1 amide bonds. The van der Waals surface area contributed by atoms with Gasteiger partial charge in [0.25, 0.3) is 11.5 Å². The fourth-order valence-electron chi connectivity index (χ4n) is 2.73. The second-order valence-corrected chi connectivity index (χ2v) is 6.42. The number of carbonyl (C=O) groups excluding carboxylic acids is 1. The van der Waals surface area contributed by atoms with Crippen LogP contribution in [0.15, 0.2) is 16.4 Å². The lowest BCUT2D eigenvalue weighted by molar-refractivity contribution is 0.0449. The van der Waals surface area contributed by atoms with Gasteiger partial charge in [0.2, 0.25) is 0 Å². The van der Waals surface area contributed by atoms with Gasteiger partial charge in [0.1, 0.15) is 5.56 Å². The molecule has 0 spiro atoms. The van der Waals surface area contributed by atoms with Gasteiger partial charge >= 0.3 is 0 Å². The normalized spacial score (nSPS) is 17.2. The number of thiazole rings is 1. The summed E-state index contributed by atoms with van der Waals surface area (Å²) < 4.78 is 1.43. The van der Waals surface area contributed by atoms with E-state index < -0.39 is 11.5 Å². The molecule has 0 saturated heterocycles. The summed E-state index contributed by atoms with van der Waals surface area (Å²) in [4.78, 5) is 29.2. The predicted octanol–water partition coefficient (Wildman–Crippen LogP) is 1.10. The number of carbonyl (C=O) groups is 1. The van der Waals surface area contributed by atoms with E-state index in [-0.39, 0.29) is 17.7 Å². The first-order valence-electron chi connectivity index (χ1n) is 6.97. The molecule has 0 bridgehead atoms. The molecule has 21 heavy (non-hydrogen) atoms. The van der Waals surface area contributed by atoms with Crippen molar-refractivity contribution in [2.45, 2.75) is 38.2 Å². The van der Waals surface area contributed by atoms with Crippen molar-refractivity contribution in [1.29, 1.82) is 0 Å². The first-order chi connectivity index (χ1) is 10.0. The number of aromatic nitrogens is 2. The van der Waals surface area contributed by atoms with Gasteiger partial charge in [-0.3, -0.25) is 14.0 Å². The summed E-state index contributed by atoms with van der Waals surface area (Å²) in [7, 11) is 0. The molecule has 0 aromatic carbocycles. The molecule has 0 unspecified atom stereocenters. The van der Waals surface area contributed by atoms with Gasteiger partial charge in [-0.15, -0.1) is 11.3 Å². The molecular weight excluding hydrogens is 290 g/mol. The van der Waals surface area contributed by atoms with Crippen molar-refractivity contribution in [1.82, 2.24) is 14.7 Å². The Hall–Kier alpha value is -1.73. The van der Waals surface area contributed by atoms with Gasteiger partial charge < -0.3 is 10.4 Å². The van der Waals surface area contributed by atoms with Crippen molar-refractivity contribution in [2.75, 3.05) is 6.54 Å². The zero-order chi connectivity index (χ0) is 15.0. The highest BCUT2D eigenvalue weighted by atomic mass is 32.1. The molecule has 1 saturated carbocycles. The minimum absolute atomic E-state index is 0.00981. The number of rotatable bonds is 3. The van der Waals surface area contributed by atoms with E-state index in [0.29, 0.717) is 17.8 Å². The Kier molecular flexibility index (Phi) is 3.54. The van der Waals surface area contributed by atoms with Crippen molar-refractivity contribution in [2.24, 2.45) is 0 Å². The van der Waals surface area contributed by atoms with Crippen LogP contribution in [0, 0.1) is 6.92 Å². The smallest absolute Gasteiger partial charge is 0.271 e. The summed E-state index contributed by atoms with van der Waals surface area (Å²) in [6.45, 7) is 1.98. The average Bonchev–Trinajstić information content (AvgIpc) is 3.05. The Morgan fingerprint density at radius 1 is 1.52 bits per heavy atom. The van der Waals surface area contributed by atoms with E-state index in [9.17, 15) is 14.7 Å². The van der Waals surface area contributed by atoms with Crippen LogP contribution in [0.2, 0.25) is 0 Å². The molecule has 2 aromatic heterocycles. The van der Waals surface area contributed by atoms with E-state index in [2.05, 4.69) is 10.3 Å². The first kappa shape index (κ1) is 14.2. The summed E-state index contributed by atoms with van der Waals surface area (Å²) in [5, 5.41) is 14.7. The average molecular weight is 307 g/mol. The van der Waals surface area contributed by atoms with E-state index in [0.717, 1.165) is 18.5 Å². The largest absolute Gasteiger partial charge is 0.388 e. The van der Waals surface area contributed by atoms with Gasteiger partial charge in [0.15, 0.2) is 4.96 Å². The standard InChI is InChI=1S/C14H17N3O3S/c1-9-7-21-13-15-6-10(12(19)17(9)13)11(18)16-8-14(20)4-2-3-5-14/h6-7,20H,2-5,8H2,1H3,(H,16,18). The molecule has 0 radical (unpaired) electrons. The second-order valence-electron chi connectivity index (χ2n) is 5.59. The Morgan fingerprint density at radius 3 is 2.95 bits per heavy atom. The van der Waals surface area contributed by atoms with E-state index in [1.54, 1.807) is 6.92 Å². The van der Waals surface area contributed by atoms with Crippen molar-refractivity contribution in [3.05, 3.63) is 33.2 Å². The van der Waals surface area contributed by atoms with Crippen molar-refractivity contribution >= 4 is 22.2 Å². The van der Waals surface area contributed by atoms with Gasteiger partial charge in [-0.1, -0.05) is 12.8 Å². The molecule has 6 nitrogen and oxygen atoms in total.